The van der Waals surface area contributed by atoms with Crippen molar-refractivity contribution < 1.29 is 8.42 Å². The molecule has 1 aliphatic heterocycles. The minimum Gasteiger partial charge on any atom is -0.310 e. The quantitative estimate of drug-likeness (QED) is 0.867. The molecule has 0 spiro atoms. The highest BCUT2D eigenvalue weighted by Gasteiger charge is 2.29. The van der Waals surface area contributed by atoms with Gasteiger partial charge in [-0.1, -0.05) is 29.8 Å². The van der Waals surface area contributed by atoms with Gasteiger partial charge in [0.2, 0.25) is 0 Å². The third-order valence-electron chi connectivity index (χ3n) is 4.28. The fourth-order valence-electron chi connectivity index (χ4n) is 3.17. The number of hydrogen-bond acceptors (Lipinski definition) is 3. The molecule has 20 heavy (non-hydrogen) atoms. The van der Waals surface area contributed by atoms with E-state index in [1.165, 1.54) is 19.3 Å². The van der Waals surface area contributed by atoms with E-state index in [9.17, 15) is 8.42 Å². The Labute approximate surface area is 121 Å². The molecule has 3 rings (SSSR count). The first-order valence-corrected chi connectivity index (χ1v) is 9.05. The van der Waals surface area contributed by atoms with Crippen molar-refractivity contribution in [1.29, 1.82) is 0 Å². The van der Waals surface area contributed by atoms with E-state index in [0.717, 1.165) is 18.5 Å². The Balaban J connectivity index is 1.69. The van der Waals surface area contributed by atoms with Gasteiger partial charge in [0.05, 0.1) is 10.6 Å². The second-order valence-electron chi connectivity index (χ2n) is 5.66. The van der Waals surface area contributed by atoms with Crippen LogP contribution < -0.4 is 5.32 Å². The van der Waals surface area contributed by atoms with Gasteiger partial charge in [0.25, 0.3) is 0 Å². The van der Waals surface area contributed by atoms with Crippen LogP contribution in [0.2, 0.25) is 0 Å². The highest BCUT2D eigenvalue weighted by Crippen LogP contribution is 2.32. The van der Waals surface area contributed by atoms with Gasteiger partial charge in [0, 0.05) is 6.04 Å². The predicted molar refractivity (Wildman–Crippen MR) is 80.4 cm³/mol. The third kappa shape index (κ3) is 2.81. The topological polar surface area (TPSA) is 46.2 Å². The van der Waals surface area contributed by atoms with E-state index in [1.807, 2.05) is 18.2 Å². The molecule has 1 N–H and O–H groups in total. The Morgan fingerprint density at radius 1 is 1.25 bits per heavy atom. The van der Waals surface area contributed by atoms with Crippen molar-refractivity contribution in [2.24, 2.45) is 0 Å². The molecule has 4 heteroatoms. The molecule has 0 amide bonds. The van der Waals surface area contributed by atoms with Gasteiger partial charge in [-0.3, -0.25) is 0 Å². The van der Waals surface area contributed by atoms with Crippen LogP contribution in [0.4, 0.5) is 0 Å². The highest BCUT2D eigenvalue weighted by atomic mass is 32.2. The first-order chi connectivity index (χ1) is 9.67. The summed E-state index contributed by atoms with van der Waals surface area (Å²) >= 11 is 0. The fraction of sp³-hybridized carbons (Fsp3) is 0.500. The maximum absolute atomic E-state index is 12.1. The summed E-state index contributed by atoms with van der Waals surface area (Å²) in [5, 5.41) is 3.54. The van der Waals surface area contributed by atoms with Gasteiger partial charge in [-0.25, -0.2) is 8.42 Å². The van der Waals surface area contributed by atoms with Gasteiger partial charge in [-0.15, -0.1) is 0 Å². The normalized spacial score (nSPS) is 24.2. The molecule has 0 fully saturated rings. The van der Waals surface area contributed by atoms with Gasteiger partial charge >= 0.3 is 0 Å². The van der Waals surface area contributed by atoms with Crippen LogP contribution in [-0.2, 0) is 9.84 Å². The summed E-state index contributed by atoms with van der Waals surface area (Å²) in [6.45, 7) is 0.935. The van der Waals surface area contributed by atoms with Crippen molar-refractivity contribution in [3.05, 3.63) is 41.5 Å². The van der Waals surface area contributed by atoms with Crippen molar-refractivity contribution >= 4 is 9.84 Å². The lowest BCUT2D eigenvalue weighted by atomic mass is 10.0. The summed E-state index contributed by atoms with van der Waals surface area (Å²) in [5.41, 5.74) is 2.49. The molecule has 1 aliphatic carbocycles. The van der Waals surface area contributed by atoms with Crippen LogP contribution in [0.25, 0.3) is 0 Å². The summed E-state index contributed by atoms with van der Waals surface area (Å²) in [6.07, 6.45) is 7.86. The Morgan fingerprint density at radius 3 is 2.90 bits per heavy atom. The van der Waals surface area contributed by atoms with Crippen LogP contribution in [0.15, 0.2) is 40.8 Å². The maximum atomic E-state index is 12.1. The zero-order chi connectivity index (χ0) is 14.0. The molecule has 1 atom stereocenters. The lowest BCUT2D eigenvalue weighted by molar-refractivity contribution is 0.493. The average Bonchev–Trinajstić information content (AvgIpc) is 2.95. The number of allylic oxidation sites excluding steroid dienone is 1. The second-order valence-corrected chi connectivity index (χ2v) is 7.73. The van der Waals surface area contributed by atoms with E-state index >= 15 is 0 Å². The van der Waals surface area contributed by atoms with E-state index in [0.29, 0.717) is 11.3 Å². The summed E-state index contributed by atoms with van der Waals surface area (Å²) in [7, 11) is -3.07. The lowest BCUT2D eigenvalue weighted by Crippen LogP contribution is -2.30. The molecule has 1 unspecified atom stereocenters. The summed E-state index contributed by atoms with van der Waals surface area (Å²) in [5.74, 6) is 0.254. The fourth-order valence-corrected chi connectivity index (χ4v) is 4.79. The van der Waals surface area contributed by atoms with Crippen LogP contribution in [0.3, 0.4) is 0 Å². The number of hydrogen-bond donors (Lipinski definition) is 1. The summed E-state index contributed by atoms with van der Waals surface area (Å²) in [6, 6.07) is 7.59. The molecule has 1 heterocycles. The van der Waals surface area contributed by atoms with Crippen molar-refractivity contribution in [1.82, 2.24) is 5.32 Å². The van der Waals surface area contributed by atoms with Crippen molar-refractivity contribution in [2.75, 3.05) is 12.3 Å². The van der Waals surface area contributed by atoms with E-state index < -0.39 is 9.84 Å². The Hall–Kier alpha value is -1.13. The van der Waals surface area contributed by atoms with Crippen LogP contribution in [0.5, 0.6) is 0 Å². The van der Waals surface area contributed by atoms with Crippen molar-refractivity contribution in [2.45, 2.75) is 43.0 Å². The number of nitrogens with one attached hydrogen (secondary N) is 1. The van der Waals surface area contributed by atoms with Gasteiger partial charge in [-0.05, 0) is 50.3 Å². The van der Waals surface area contributed by atoms with Crippen LogP contribution in [0, 0.1) is 0 Å². The number of fused-ring (bicyclic) bond motifs is 1. The highest BCUT2D eigenvalue weighted by molar-refractivity contribution is 7.91. The average molecular weight is 291 g/mol. The number of sulfone groups is 1. The monoisotopic (exact) mass is 291 g/mol. The molecule has 1 aromatic rings. The summed E-state index contributed by atoms with van der Waals surface area (Å²) in [4.78, 5) is 0.517. The van der Waals surface area contributed by atoms with E-state index in [4.69, 9.17) is 0 Å². The molecule has 1 aromatic carbocycles. The number of rotatable bonds is 4. The first kappa shape index (κ1) is 13.8. The van der Waals surface area contributed by atoms with Crippen molar-refractivity contribution in [3.8, 4) is 0 Å². The SMILES string of the molecule is O=S1(=O)CCC(NCCC2=CCCC2)c2ccccc21. The van der Waals surface area contributed by atoms with Crippen LogP contribution in [0.1, 0.15) is 43.7 Å². The Bertz CT molecular complexity index is 619. The van der Waals surface area contributed by atoms with E-state index in [2.05, 4.69) is 11.4 Å². The molecule has 2 aliphatic rings. The molecule has 108 valence electrons. The Morgan fingerprint density at radius 2 is 2.10 bits per heavy atom. The molecule has 0 radical (unpaired) electrons. The minimum absolute atomic E-state index is 0.178. The van der Waals surface area contributed by atoms with Gasteiger partial charge in [-0.2, -0.15) is 0 Å². The van der Waals surface area contributed by atoms with Gasteiger partial charge in [0.15, 0.2) is 9.84 Å². The molecule has 0 bridgehead atoms. The molecule has 0 saturated carbocycles. The minimum atomic E-state index is -3.07. The third-order valence-corrected chi connectivity index (χ3v) is 6.09. The summed E-state index contributed by atoms with van der Waals surface area (Å²) < 4.78 is 24.1. The molecule has 0 saturated heterocycles. The smallest absolute Gasteiger partial charge is 0.178 e. The predicted octanol–water partition coefficient (Wildman–Crippen LogP) is 3.00. The molecular weight excluding hydrogens is 270 g/mol. The zero-order valence-corrected chi connectivity index (χ0v) is 12.5. The maximum Gasteiger partial charge on any atom is 0.178 e. The van der Waals surface area contributed by atoms with Gasteiger partial charge in [0.1, 0.15) is 0 Å². The van der Waals surface area contributed by atoms with Crippen LogP contribution in [-0.4, -0.2) is 20.7 Å². The lowest BCUT2D eigenvalue weighted by Gasteiger charge is -2.26. The van der Waals surface area contributed by atoms with Crippen LogP contribution >= 0.6 is 0 Å². The van der Waals surface area contributed by atoms with E-state index in [1.54, 1.807) is 11.6 Å². The molecule has 3 nitrogen and oxygen atoms in total. The Kier molecular flexibility index (Phi) is 3.94. The molecule has 0 aromatic heterocycles. The van der Waals surface area contributed by atoms with Gasteiger partial charge < -0.3 is 5.32 Å². The van der Waals surface area contributed by atoms with Crippen molar-refractivity contribution in [3.63, 3.8) is 0 Å². The standard InChI is InChI=1S/C16H21NO2S/c18-20(19)12-10-15(14-7-3-4-8-16(14)20)17-11-9-13-5-1-2-6-13/h3-5,7-8,15,17H,1-2,6,9-12H2. The number of benzene rings is 1. The second kappa shape index (κ2) is 5.70. The molecular formula is C16H21NO2S. The largest absolute Gasteiger partial charge is 0.310 e. The zero-order valence-electron chi connectivity index (χ0n) is 11.6. The van der Waals surface area contributed by atoms with E-state index in [-0.39, 0.29) is 11.8 Å². The first-order valence-electron chi connectivity index (χ1n) is 7.40.